The monoisotopic (exact) mass is 178 g/mol. The maximum atomic E-state index is 5.78. The Hall–Kier alpha value is -0.930. The minimum atomic E-state index is -0.134. The van der Waals surface area contributed by atoms with E-state index in [1.54, 1.807) is 0 Å². The molecule has 1 unspecified atom stereocenters. The van der Waals surface area contributed by atoms with Gasteiger partial charge in [-0.05, 0) is 18.4 Å². The van der Waals surface area contributed by atoms with Crippen LogP contribution in [0.15, 0.2) is 30.3 Å². The molecule has 1 atom stereocenters. The van der Waals surface area contributed by atoms with Crippen LogP contribution in [0.4, 0.5) is 0 Å². The van der Waals surface area contributed by atoms with Gasteiger partial charge in [-0.1, -0.05) is 36.3 Å². The zero-order valence-corrected chi connectivity index (χ0v) is 7.59. The Balaban J connectivity index is 2.40. The largest absolute Gasteiger partial charge is 0.119 e. The molecule has 0 aliphatic rings. The van der Waals surface area contributed by atoms with Crippen LogP contribution in [0.1, 0.15) is 12.0 Å². The zero-order valence-electron chi connectivity index (χ0n) is 6.83. The highest BCUT2D eigenvalue weighted by Gasteiger charge is 1.99. The van der Waals surface area contributed by atoms with E-state index in [2.05, 4.69) is 18.1 Å². The molecule has 0 fully saturated rings. The third-order valence-corrected chi connectivity index (χ3v) is 2.05. The lowest BCUT2D eigenvalue weighted by Crippen LogP contribution is -1.96. The number of terminal acetylenes is 1. The van der Waals surface area contributed by atoms with Crippen LogP contribution in [0.5, 0.6) is 0 Å². The van der Waals surface area contributed by atoms with Crippen LogP contribution in [-0.4, -0.2) is 5.38 Å². The Morgan fingerprint density at radius 3 is 2.58 bits per heavy atom. The van der Waals surface area contributed by atoms with Crippen molar-refractivity contribution in [3.63, 3.8) is 0 Å². The molecule has 0 N–H and O–H groups in total. The SMILES string of the molecule is C#CC(Cl)CCc1ccccc1. The second kappa shape index (κ2) is 4.85. The summed E-state index contributed by atoms with van der Waals surface area (Å²) >= 11 is 5.78. The van der Waals surface area contributed by atoms with Crippen molar-refractivity contribution in [1.82, 2.24) is 0 Å². The third kappa shape index (κ3) is 2.98. The average Bonchev–Trinajstić information content (AvgIpc) is 2.16. The van der Waals surface area contributed by atoms with Crippen molar-refractivity contribution >= 4 is 11.6 Å². The summed E-state index contributed by atoms with van der Waals surface area (Å²) in [6, 6.07) is 10.2. The summed E-state index contributed by atoms with van der Waals surface area (Å²) in [5.41, 5.74) is 1.29. The fraction of sp³-hybridized carbons (Fsp3) is 0.273. The van der Waals surface area contributed by atoms with Gasteiger partial charge in [0.15, 0.2) is 0 Å². The number of halogens is 1. The highest BCUT2D eigenvalue weighted by atomic mass is 35.5. The molecule has 0 bridgehead atoms. The van der Waals surface area contributed by atoms with E-state index in [0.717, 1.165) is 12.8 Å². The van der Waals surface area contributed by atoms with Gasteiger partial charge in [-0.2, -0.15) is 0 Å². The molecule has 0 aromatic heterocycles. The lowest BCUT2D eigenvalue weighted by molar-refractivity contribution is 0.864. The number of hydrogen-bond donors (Lipinski definition) is 0. The van der Waals surface area contributed by atoms with Crippen molar-refractivity contribution < 1.29 is 0 Å². The van der Waals surface area contributed by atoms with E-state index in [1.165, 1.54) is 5.56 Å². The van der Waals surface area contributed by atoms with Crippen LogP contribution in [0.3, 0.4) is 0 Å². The van der Waals surface area contributed by atoms with Gasteiger partial charge in [-0.25, -0.2) is 0 Å². The predicted octanol–water partition coefficient (Wildman–Crippen LogP) is 2.86. The molecule has 12 heavy (non-hydrogen) atoms. The molecule has 0 nitrogen and oxygen atoms in total. The van der Waals surface area contributed by atoms with E-state index in [0.29, 0.717) is 0 Å². The lowest BCUT2D eigenvalue weighted by Gasteiger charge is -2.01. The molecule has 1 aromatic rings. The van der Waals surface area contributed by atoms with Crippen molar-refractivity contribution in [2.45, 2.75) is 18.2 Å². The van der Waals surface area contributed by atoms with Crippen LogP contribution in [-0.2, 0) is 6.42 Å². The van der Waals surface area contributed by atoms with Crippen molar-refractivity contribution in [3.05, 3.63) is 35.9 Å². The molecule has 0 radical (unpaired) electrons. The standard InChI is InChI=1S/C11H11Cl/c1-2-11(12)9-8-10-6-4-3-5-7-10/h1,3-7,11H,8-9H2. The smallest absolute Gasteiger partial charge is 0.0943 e. The second-order valence-corrected chi connectivity index (χ2v) is 3.19. The molecule has 62 valence electrons. The normalized spacial score (nSPS) is 12.0. The maximum Gasteiger partial charge on any atom is 0.0943 e. The fourth-order valence-corrected chi connectivity index (χ4v) is 1.13. The molecule has 0 saturated carbocycles. The lowest BCUT2D eigenvalue weighted by atomic mass is 10.1. The minimum Gasteiger partial charge on any atom is -0.119 e. The van der Waals surface area contributed by atoms with Gasteiger partial charge in [0.25, 0.3) is 0 Å². The van der Waals surface area contributed by atoms with Gasteiger partial charge in [0, 0.05) is 0 Å². The Bertz CT molecular complexity index is 258. The maximum absolute atomic E-state index is 5.78. The number of aryl methyl sites for hydroxylation is 1. The first-order chi connectivity index (χ1) is 5.83. The Kier molecular flexibility index (Phi) is 3.70. The fourth-order valence-electron chi connectivity index (χ4n) is 1.02. The number of hydrogen-bond acceptors (Lipinski definition) is 0. The van der Waals surface area contributed by atoms with Gasteiger partial charge < -0.3 is 0 Å². The highest BCUT2D eigenvalue weighted by molar-refractivity contribution is 6.22. The molecule has 0 aliphatic carbocycles. The molecule has 1 rings (SSSR count). The summed E-state index contributed by atoms with van der Waals surface area (Å²) in [4.78, 5) is 0. The summed E-state index contributed by atoms with van der Waals surface area (Å²) in [7, 11) is 0. The van der Waals surface area contributed by atoms with Crippen molar-refractivity contribution in [1.29, 1.82) is 0 Å². The summed E-state index contributed by atoms with van der Waals surface area (Å²) in [5.74, 6) is 2.50. The van der Waals surface area contributed by atoms with E-state index < -0.39 is 0 Å². The first-order valence-corrected chi connectivity index (χ1v) is 4.40. The van der Waals surface area contributed by atoms with Gasteiger partial charge >= 0.3 is 0 Å². The average molecular weight is 179 g/mol. The summed E-state index contributed by atoms with van der Waals surface area (Å²) in [6.07, 6.45) is 6.96. The van der Waals surface area contributed by atoms with Crippen molar-refractivity contribution in [2.75, 3.05) is 0 Å². The first-order valence-electron chi connectivity index (χ1n) is 3.97. The van der Waals surface area contributed by atoms with Crippen LogP contribution >= 0.6 is 11.6 Å². The van der Waals surface area contributed by atoms with Gasteiger partial charge in [0.05, 0.1) is 5.38 Å². The molecule has 0 saturated heterocycles. The summed E-state index contributed by atoms with van der Waals surface area (Å²) in [5, 5.41) is -0.134. The minimum absolute atomic E-state index is 0.134. The first kappa shape index (κ1) is 9.16. The van der Waals surface area contributed by atoms with E-state index in [1.807, 2.05) is 18.2 Å². The molecule has 0 aliphatic heterocycles. The van der Waals surface area contributed by atoms with Crippen LogP contribution in [0.25, 0.3) is 0 Å². The molecule has 0 spiro atoms. The zero-order chi connectivity index (χ0) is 8.81. The van der Waals surface area contributed by atoms with Gasteiger partial charge in [-0.15, -0.1) is 18.0 Å². The Labute approximate surface area is 78.6 Å². The molecular formula is C11H11Cl. The molecule has 0 amide bonds. The quantitative estimate of drug-likeness (QED) is 0.493. The number of benzene rings is 1. The van der Waals surface area contributed by atoms with Crippen molar-refractivity contribution in [2.24, 2.45) is 0 Å². The van der Waals surface area contributed by atoms with Crippen LogP contribution in [0, 0.1) is 12.3 Å². The summed E-state index contributed by atoms with van der Waals surface area (Å²) in [6.45, 7) is 0. The highest BCUT2D eigenvalue weighted by Crippen LogP contribution is 2.07. The van der Waals surface area contributed by atoms with E-state index >= 15 is 0 Å². The number of alkyl halides is 1. The van der Waals surface area contributed by atoms with Crippen LogP contribution in [0.2, 0.25) is 0 Å². The molecular weight excluding hydrogens is 168 g/mol. The number of rotatable bonds is 3. The van der Waals surface area contributed by atoms with E-state index in [-0.39, 0.29) is 5.38 Å². The topological polar surface area (TPSA) is 0 Å². The van der Waals surface area contributed by atoms with E-state index in [9.17, 15) is 0 Å². The van der Waals surface area contributed by atoms with E-state index in [4.69, 9.17) is 18.0 Å². The third-order valence-electron chi connectivity index (χ3n) is 1.71. The van der Waals surface area contributed by atoms with Crippen molar-refractivity contribution in [3.8, 4) is 12.3 Å². The Morgan fingerprint density at radius 2 is 2.00 bits per heavy atom. The molecule has 1 aromatic carbocycles. The van der Waals surface area contributed by atoms with Crippen LogP contribution < -0.4 is 0 Å². The predicted molar refractivity (Wildman–Crippen MR) is 53.2 cm³/mol. The molecule has 1 heteroatoms. The summed E-state index contributed by atoms with van der Waals surface area (Å²) < 4.78 is 0. The Morgan fingerprint density at radius 1 is 1.33 bits per heavy atom. The van der Waals surface area contributed by atoms with Gasteiger partial charge in [0.1, 0.15) is 0 Å². The van der Waals surface area contributed by atoms with Gasteiger partial charge in [0.2, 0.25) is 0 Å². The second-order valence-electron chi connectivity index (χ2n) is 2.66. The van der Waals surface area contributed by atoms with Gasteiger partial charge in [-0.3, -0.25) is 0 Å². The molecule has 0 heterocycles.